The number of rotatable bonds is 7. The van der Waals surface area contributed by atoms with Crippen LogP contribution in [0.5, 0.6) is 0 Å². The molecule has 0 aliphatic rings. The third kappa shape index (κ3) is 4.48. The molecule has 0 aliphatic carbocycles. The number of ether oxygens (including phenoxy) is 1. The highest BCUT2D eigenvalue weighted by Gasteiger charge is 2.27. The van der Waals surface area contributed by atoms with E-state index in [4.69, 9.17) is 14.9 Å². The van der Waals surface area contributed by atoms with Gasteiger partial charge in [-0.05, 0) is 6.42 Å². The van der Waals surface area contributed by atoms with Crippen molar-refractivity contribution in [1.82, 2.24) is 0 Å². The fourth-order valence-electron chi connectivity index (χ4n) is 1.10. The zero-order valence-electron chi connectivity index (χ0n) is 7.84. The van der Waals surface area contributed by atoms with Crippen molar-refractivity contribution in [2.45, 2.75) is 18.9 Å². The first-order chi connectivity index (χ1) is 6.52. The van der Waals surface area contributed by atoms with E-state index in [1.54, 1.807) is 0 Å². The van der Waals surface area contributed by atoms with Crippen LogP contribution in [0.3, 0.4) is 0 Å². The van der Waals surface area contributed by atoms with Gasteiger partial charge >= 0.3 is 11.9 Å². The lowest BCUT2D eigenvalue weighted by molar-refractivity contribution is -0.147. The fourth-order valence-corrected chi connectivity index (χ4v) is 1.50. The van der Waals surface area contributed by atoms with E-state index in [-0.39, 0.29) is 18.6 Å². The lowest BCUT2D eigenvalue weighted by atomic mass is 10.0. The van der Waals surface area contributed by atoms with E-state index >= 15 is 0 Å². The van der Waals surface area contributed by atoms with Crippen molar-refractivity contribution in [3.8, 4) is 0 Å². The minimum absolute atomic E-state index is 0.101. The highest BCUT2D eigenvalue weighted by Crippen LogP contribution is 2.15. The molecule has 0 spiro atoms. The maximum Gasteiger partial charge on any atom is 0.309 e. The van der Waals surface area contributed by atoms with Gasteiger partial charge in [-0.15, -0.1) is 0 Å². The molecule has 0 rings (SSSR count). The number of methoxy groups -OCH3 is 1. The maximum absolute atomic E-state index is 10.7. The van der Waals surface area contributed by atoms with Crippen LogP contribution in [0.15, 0.2) is 0 Å². The van der Waals surface area contributed by atoms with Gasteiger partial charge in [0.1, 0.15) is 0 Å². The molecule has 0 fully saturated rings. The van der Waals surface area contributed by atoms with Crippen molar-refractivity contribution in [2.24, 2.45) is 5.92 Å². The molecule has 0 aromatic rings. The number of thiol groups is 1. The molecule has 0 amide bonds. The third-order valence-corrected chi connectivity index (χ3v) is 2.30. The summed E-state index contributed by atoms with van der Waals surface area (Å²) in [5.74, 6) is -2.61. The number of carbonyl (C=O) groups is 2. The summed E-state index contributed by atoms with van der Waals surface area (Å²) in [4.78, 5) is 21.0. The second kappa shape index (κ2) is 6.67. The van der Waals surface area contributed by atoms with Crippen LogP contribution in [0, 0.1) is 5.92 Å². The molecule has 2 atom stereocenters. The zero-order valence-corrected chi connectivity index (χ0v) is 8.74. The summed E-state index contributed by atoms with van der Waals surface area (Å²) in [5, 5.41) is 17.2. The highest BCUT2D eigenvalue weighted by molar-refractivity contribution is 7.80. The molecular weight excluding hydrogens is 208 g/mol. The van der Waals surface area contributed by atoms with Crippen LogP contribution in [-0.4, -0.2) is 41.1 Å². The molecule has 0 heterocycles. The van der Waals surface area contributed by atoms with Gasteiger partial charge in [-0.3, -0.25) is 9.59 Å². The smallest absolute Gasteiger partial charge is 0.309 e. The number of hydrogen-bond donors (Lipinski definition) is 3. The van der Waals surface area contributed by atoms with Gasteiger partial charge in [-0.2, -0.15) is 12.6 Å². The topological polar surface area (TPSA) is 83.8 Å². The van der Waals surface area contributed by atoms with Gasteiger partial charge in [0.25, 0.3) is 0 Å². The maximum atomic E-state index is 10.7. The predicted molar refractivity (Wildman–Crippen MR) is 52.6 cm³/mol. The molecule has 0 saturated carbocycles. The summed E-state index contributed by atoms with van der Waals surface area (Å²) in [6.07, 6.45) is -0.513. The Labute approximate surface area is 87.5 Å². The number of aliphatic carboxylic acids is 2. The Hall–Kier alpha value is -0.750. The minimum atomic E-state index is -1.02. The van der Waals surface area contributed by atoms with E-state index in [1.165, 1.54) is 7.11 Å². The van der Waals surface area contributed by atoms with E-state index in [9.17, 15) is 9.59 Å². The van der Waals surface area contributed by atoms with E-state index in [1.807, 2.05) is 0 Å². The molecule has 14 heavy (non-hydrogen) atoms. The summed E-state index contributed by atoms with van der Waals surface area (Å²) < 4.78 is 4.92. The van der Waals surface area contributed by atoms with Crippen LogP contribution in [-0.2, 0) is 14.3 Å². The van der Waals surface area contributed by atoms with E-state index < -0.39 is 24.0 Å². The molecule has 2 N–H and O–H groups in total. The summed E-state index contributed by atoms with van der Waals surface area (Å²) in [6, 6.07) is 0. The van der Waals surface area contributed by atoms with Gasteiger partial charge in [0, 0.05) is 19.3 Å². The second-order valence-corrected chi connectivity index (χ2v) is 3.20. The van der Waals surface area contributed by atoms with E-state index in [2.05, 4.69) is 12.6 Å². The second-order valence-electron chi connectivity index (χ2n) is 2.83. The van der Waals surface area contributed by atoms with Crippen LogP contribution in [0.1, 0.15) is 12.8 Å². The molecule has 0 bridgehead atoms. The quantitative estimate of drug-likeness (QED) is 0.546. The highest BCUT2D eigenvalue weighted by atomic mass is 32.1. The first-order valence-corrected chi connectivity index (χ1v) is 4.74. The van der Waals surface area contributed by atoms with Gasteiger partial charge in [0.05, 0.1) is 12.0 Å². The minimum Gasteiger partial charge on any atom is -0.481 e. The molecule has 2 unspecified atom stereocenters. The average molecular weight is 222 g/mol. The predicted octanol–water partition coefficient (Wildman–Crippen LogP) is 0.497. The largest absolute Gasteiger partial charge is 0.481 e. The average Bonchev–Trinajstić information content (AvgIpc) is 2.10. The van der Waals surface area contributed by atoms with Crippen molar-refractivity contribution >= 4 is 24.6 Å². The van der Waals surface area contributed by atoms with Crippen molar-refractivity contribution in [3.05, 3.63) is 0 Å². The number of carboxylic acids is 2. The summed E-state index contributed by atoms with van der Waals surface area (Å²) in [7, 11) is 1.37. The van der Waals surface area contributed by atoms with Gasteiger partial charge in [-0.25, -0.2) is 0 Å². The Bertz CT molecular complexity index is 206. The zero-order chi connectivity index (χ0) is 11.1. The van der Waals surface area contributed by atoms with E-state index in [0.717, 1.165) is 0 Å². The summed E-state index contributed by atoms with van der Waals surface area (Å²) in [6.45, 7) is 0. The van der Waals surface area contributed by atoms with Crippen molar-refractivity contribution < 1.29 is 24.5 Å². The number of hydrogen-bond acceptors (Lipinski definition) is 4. The van der Waals surface area contributed by atoms with Crippen LogP contribution >= 0.6 is 12.6 Å². The molecule has 0 radical (unpaired) electrons. The molecule has 5 nitrogen and oxygen atoms in total. The van der Waals surface area contributed by atoms with Crippen molar-refractivity contribution in [1.29, 1.82) is 0 Å². The van der Waals surface area contributed by atoms with Gasteiger partial charge in [-0.1, -0.05) is 0 Å². The van der Waals surface area contributed by atoms with Crippen LogP contribution < -0.4 is 0 Å². The Morgan fingerprint density at radius 3 is 2.29 bits per heavy atom. The molecule has 82 valence electrons. The van der Waals surface area contributed by atoms with Gasteiger partial charge < -0.3 is 14.9 Å². The molecule has 0 aromatic carbocycles. The van der Waals surface area contributed by atoms with Crippen molar-refractivity contribution in [2.75, 3.05) is 12.9 Å². The Morgan fingerprint density at radius 1 is 1.43 bits per heavy atom. The fraction of sp³-hybridized carbons (Fsp3) is 0.750. The van der Waals surface area contributed by atoms with Crippen molar-refractivity contribution in [3.63, 3.8) is 0 Å². The molecule has 0 saturated heterocycles. The molecule has 6 heteroatoms. The SMILES string of the molecule is COC(CCC(=O)O)C(CS)C(=O)O. The Balaban J connectivity index is 4.21. The summed E-state index contributed by atoms with van der Waals surface area (Å²) in [5.41, 5.74) is 0. The van der Waals surface area contributed by atoms with Crippen LogP contribution in [0.2, 0.25) is 0 Å². The summed E-state index contributed by atoms with van der Waals surface area (Å²) >= 11 is 3.88. The molecule has 0 aromatic heterocycles. The lowest BCUT2D eigenvalue weighted by Gasteiger charge is -2.20. The molecular formula is C8H14O5S. The molecule has 0 aliphatic heterocycles. The standard InChI is InChI=1S/C8H14O5S/c1-13-6(2-3-7(9)10)5(4-14)8(11)12/h5-6,14H,2-4H2,1H3,(H,9,10)(H,11,12). The third-order valence-electron chi connectivity index (χ3n) is 1.91. The first-order valence-electron chi connectivity index (χ1n) is 4.11. The monoisotopic (exact) mass is 222 g/mol. The van der Waals surface area contributed by atoms with Gasteiger partial charge in [0.2, 0.25) is 0 Å². The first kappa shape index (κ1) is 13.2. The van der Waals surface area contributed by atoms with Crippen LogP contribution in [0.4, 0.5) is 0 Å². The van der Waals surface area contributed by atoms with Crippen LogP contribution in [0.25, 0.3) is 0 Å². The lowest BCUT2D eigenvalue weighted by Crippen LogP contribution is -2.31. The Kier molecular flexibility index (Phi) is 6.31. The van der Waals surface area contributed by atoms with Gasteiger partial charge in [0.15, 0.2) is 0 Å². The Morgan fingerprint density at radius 2 is 2.00 bits per heavy atom. The number of carboxylic acid groups (broad SMARTS) is 2. The normalized spacial score (nSPS) is 14.7. The van der Waals surface area contributed by atoms with E-state index in [0.29, 0.717) is 0 Å².